The molecule has 10 heteroatoms. The summed E-state index contributed by atoms with van der Waals surface area (Å²) >= 11 is 1.09. The summed E-state index contributed by atoms with van der Waals surface area (Å²) in [6.45, 7) is 4.65. The van der Waals surface area contributed by atoms with E-state index in [4.69, 9.17) is 4.74 Å². The lowest BCUT2D eigenvalue weighted by Gasteiger charge is -2.26. The lowest BCUT2D eigenvalue weighted by Crippen LogP contribution is -2.35. The lowest BCUT2D eigenvalue weighted by atomic mass is 10.1. The van der Waals surface area contributed by atoms with Gasteiger partial charge < -0.3 is 4.74 Å². The van der Waals surface area contributed by atoms with E-state index < -0.39 is 21.9 Å². The van der Waals surface area contributed by atoms with Gasteiger partial charge in [0.1, 0.15) is 0 Å². The van der Waals surface area contributed by atoms with Crippen molar-refractivity contribution in [3.63, 3.8) is 0 Å². The van der Waals surface area contributed by atoms with Crippen LogP contribution >= 0.6 is 11.3 Å². The van der Waals surface area contributed by atoms with Crippen LogP contribution in [-0.2, 0) is 14.8 Å². The van der Waals surface area contributed by atoms with E-state index in [1.807, 2.05) is 0 Å². The molecule has 8 nitrogen and oxygen atoms in total. The minimum absolute atomic E-state index is 0.0986. The van der Waals surface area contributed by atoms with Crippen LogP contribution in [0.5, 0.6) is 0 Å². The number of aryl methyl sites for hydroxylation is 1. The molecule has 0 atom stereocenters. The smallest absolute Gasteiger partial charge is 0.357 e. The minimum Gasteiger partial charge on any atom is -0.461 e. The molecule has 0 radical (unpaired) electrons. The summed E-state index contributed by atoms with van der Waals surface area (Å²) in [5.41, 5.74) is 1.00. The molecule has 156 valence electrons. The van der Waals surface area contributed by atoms with Gasteiger partial charge >= 0.3 is 5.97 Å². The second kappa shape index (κ2) is 9.02. The molecule has 0 aliphatic carbocycles. The second-order valence-electron chi connectivity index (χ2n) is 6.65. The molecule has 3 rings (SSSR count). The van der Waals surface area contributed by atoms with Crippen LogP contribution in [0.3, 0.4) is 0 Å². The summed E-state index contributed by atoms with van der Waals surface area (Å²) in [6, 6.07) is 4.55. The molecule has 1 N–H and O–H groups in total. The highest BCUT2D eigenvalue weighted by Crippen LogP contribution is 2.24. The highest BCUT2D eigenvalue weighted by atomic mass is 32.2. The van der Waals surface area contributed by atoms with Crippen LogP contribution in [0.25, 0.3) is 0 Å². The number of benzene rings is 1. The molecule has 0 spiro atoms. The van der Waals surface area contributed by atoms with Gasteiger partial charge in [-0.15, -0.1) is 11.3 Å². The number of esters is 1. The van der Waals surface area contributed by atoms with E-state index in [1.165, 1.54) is 21.8 Å². The van der Waals surface area contributed by atoms with Crippen molar-refractivity contribution in [1.82, 2.24) is 9.29 Å². The summed E-state index contributed by atoms with van der Waals surface area (Å²) in [6.07, 6.45) is 2.70. The van der Waals surface area contributed by atoms with E-state index >= 15 is 0 Å². The van der Waals surface area contributed by atoms with Crippen LogP contribution in [0, 0.1) is 6.92 Å². The highest BCUT2D eigenvalue weighted by molar-refractivity contribution is 7.89. The first-order valence-corrected chi connectivity index (χ1v) is 11.7. The number of piperidine rings is 1. The van der Waals surface area contributed by atoms with Gasteiger partial charge in [-0.3, -0.25) is 10.1 Å². The van der Waals surface area contributed by atoms with Gasteiger partial charge in [0.15, 0.2) is 10.8 Å². The topological polar surface area (TPSA) is 106 Å². The molecule has 1 saturated heterocycles. The van der Waals surface area contributed by atoms with E-state index in [-0.39, 0.29) is 27.9 Å². The summed E-state index contributed by atoms with van der Waals surface area (Å²) in [5.74, 6) is -1.04. The normalized spacial score (nSPS) is 15.1. The van der Waals surface area contributed by atoms with Crippen LogP contribution in [-0.4, -0.2) is 49.3 Å². The Hall–Kier alpha value is -2.30. The lowest BCUT2D eigenvalue weighted by molar-refractivity contribution is 0.0520. The van der Waals surface area contributed by atoms with Crippen molar-refractivity contribution in [3.8, 4) is 0 Å². The number of nitrogens with zero attached hydrogens (tertiary/aromatic N) is 2. The fraction of sp³-hybridized carbons (Fsp3) is 0.421. The molecular formula is C19H23N3O5S2. The SMILES string of the molecule is CCOC(=O)c1csc(NC(=O)c2cc(S(=O)(=O)N3CCCCC3)ccc2C)n1. The van der Waals surface area contributed by atoms with Gasteiger partial charge in [0.25, 0.3) is 5.91 Å². The summed E-state index contributed by atoms with van der Waals surface area (Å²) in [4.78, 5) is 28.6. The standard InChI is InChI=1S/C19H23N3O5S2/c1-3-27-18(24)16-12-28-19(20-16)21-17(23)15-11-14(8-7-13(15)2)29(25,26)22-9-5-4-6-10-22/h7-8,11-12H,3-6,9-10H2,1-2H3,(H,20,21,23). The summed E-state index contributed by atoms with van der Waals surface area (Å²) in [5, 5.41) is 4.36. The fourth-order valence-corrected chi connectivity index (χ4v) is 5.27. The van der Waals surface area contributed by atoms with E-state index in [0.29, 0.717) is 18.7 Å². The Kier molecular flexibility index (Phi) is 6.66. The average molecular weight is 438 g/mol. The van der Waals surface area contributed by atoms with Crippen molar-refractivity contribution in [1.29, 1.82) is 0 Å². The predicted molar refractivity (Wildman–Crippen MR) is 110 cm³/mol. The van der Waals surface area contributed by atoms with Crippen LogP contribution in [0.15, 0.2) is 28.5 Å². The first kappa shape index (κ1) is 21.4. The average Bonchev–Trinajstić information content (AvgIpc) is 3.17. The Morgan fingerprint density at radius 1 is 1.24 bits per heavy atom. The fourth-order valence-electron chi connectivity index (χ4n) is 3.05. The van der Waals surface area contributed by atoms with Gasteiger partial charge in [-0.05, 0) is 44.4 Å². The third-order valence-corrected chi connectivity index (χ3v) is 7.27. The molecular weight excluding hydrogens is 414 g/mol. The molecule has 1 amide bonds. The molecule has 0 bridgehead atoms. The number of nitrogens with one attached hydrogen (secondary N) is 1. The number of aromatic nitrogens is 1. The molecule has 1 aromatic heterocycles. The Morgan fingerprint density at radius 2 is 1.97 bits per heavy atom. The maximum Gasteiger partial charge on any atom is 0.357 e. The van der Waals surface area contributed by atoms with Crippen LogP contribution in [0.1, 0.15) is 52.6 Å². The van der Waals surface area contributed by atoms with Gasteiger partial charge in [0.2, 0.25) is 10.0 Å². The van der Waals surface area contributed by atoms with E-state index in [2.05, 4.69) is 10.3 Å². The number of rotatable bonds is 6. The van der Waals surface area contributed by atoms with Gasteiger partial charge in [-0.25, -0.2) is 18.2 Å². The first-order chi connectivity index (χ1) is 13.8. The molecule has 1 aliphatic rings. The van der Waals surface area contributed by atoms with E-state index in [1.54, 1.807) is 19.9 Å². The zero-order chi connectivity index (χ0) is 21.0. The Balaban J connectivity index is 1.81. The molecule has 1 aliphatic heterocycles. The number of ether oxygens (including phenoxy) is 1. The number of carbonyl (C=O) groups is 2. The number of hydrogen-bond acceptors (Lipinski definition) is 7. The van der Waals surface area contributed by atoms with Crippen molar-refractivity contribution in [2.24, 2.45) is 0 Å². The molecule has 29 heavy (non-hydrogen) atoms. The van der Waals surface area contributed by atoms with Crippen molar-refractivity contribution < 1.29 is 22.7 Å². The third kappa shape index (κ3) is 4.82. The second-order valence-corrected chi connectivity index (χ2v) is 9.45. The van der Waals surface area contributed by atoms with Crippen molar-refractivity contribution >= 4 is 38.4 Å². The van der Waals surface area contributed by atoms with Crippen molar-refractivity contribution in [2.45, 2.75) is 38.0 Å². The monoisotopic (exact) mass is 437 g/mol. The van der Waals surface area contributed by atoms with Crippen LogP contribution < -0.4 is 5.32 Å². The largest absolute Gasteiger partial charge is 0.461 e. The van der Waals surface area contributed by atoms with Crippen molar-refractivity contribution in [2.75, 3.05) is 25.0 Å². The van der Waals surface area contributed by atoms with Gasteiger partial charge in [0.05, 0.1) is 11.5 Å². The van der Waals surface area contributed by atoms with Gasteiger partial charge in [-0.2, -0.15) is 4.31 Å². The number of hydrogen-bond donors (Lipinski definition) is 1. The maximum absolute atomic E-state index is 12.9. The zero-order valence-corrected chi connectivity index (χ0v) is 17.9. The van der Waals surface area contributed by atoms with E-state index in [0.717, 1.165) is 30.6 Å². The number of sulfonamides is 1. The first-order valence-electron chi connectivity index (χ1n) is 9.37. The van der Waals surface area contributed by atoms with E-state index in [9.17, 15) is 18.0 Å². The number of carbonyl (C=O) groups excluding carboxylic acids is 2. The Morgan fingerprint density at radius 3 is 2.66 bits per heavy atom. The molecule has 2 aromatic rings. The van der Waals surface area contributed by atoms with Gasteiger partial charge in [0, 0.05) is 24.0 Å². The molecule has 1 aromatic carbocycles. The quantitative estimate of drug-likeness (QED) is 0.696. The number of amides is 1. The summed E-state index contributed by atoms with van der Waals surface area (Å²) < 4.78 is 32.2. The maximum atomic E-state index is 12.9. The zero-order valence-electron chi connectivity index (χ0n) is 16.3. The molecule has 1 fully saturated rings. The molecule has 0 unspecified atom stereocenters. The summed E-state index contributed by atoms with van der Waals surface area (Å²) in [7, 11) is -3.64. The number of thiazole rings is 1. The molecule has 0 saturated carbocycles. The highest BCUT2D eigenvalue weighted by Gasteiger charge is 2.27. The Bertz CT molecular complexity index is 1010. The van der Waals surface area contributed by atoms with Crippen LogP contribution in [0.2, 0.25) is 0 Å². The number of anilines is 1. The molecule has 2 heterocycles. The Labute approximate surface area is 173 Å². The van der Waals surface area contributed by atoms with Gasteiger partial charge in [-0.1, -0.05) is 12.5 Å². The minimum atomic E-state index is -3.64. The third-order valence-electron chi connectivity index (χ3n) is 4.62. The van der Waals surface area contributed by atoms with Crippen molar-refractivity contribution in [3.05, 3.63) is 40.4 Å². The predicted octanol–water partition coefficient (Wildman–Crippen LogP) is 3.06. The van der Waals surface area contributed by atoms with Crippen LogP contribution in [0.4, 0.5) is 5.13 Å².